The Morgan fingerprint density at radius 1 is 0.324 bits per heavy atom. The summed E-state index contributed by atoms with van der Waals surface area (Å²) in [4.78, 5) is 11.4. The average molecular weight is 483 g/mol. The molecule has 0 amide bonds. The Labute approximate surface area is 216 Å². The van der Waals surface area contributed by atoms with Crippen LogP contribution in [0.15, 0.2) is 0 Å². The minimum absolute atomic E-state index is 0.544. The first-order valence-corrected chi connectivity index (χ1v) is 15.8. The van der Waals surface area contributed by atoms with E-state index >= 15 is 0 Å². The Bertz CT molecular complexity index is 324. The van der Waals surface area contributed by atoms with Gasteiger partial charge in [-0.2, -0.15) is 0 Å². The maximum Gasteiger partial charge on any atom is 0.0822 e. The van der Waals surface area contributed by atoms with Gasteiger partial charge in [0.1, 0.15) is 0 Å². The maximum atomic E-state index is 5.70. The lowest BCUT2D eigenvalue weighted by Gasteiger charge is -2.35. The van der Waals surface area contributed by atoms with Crippen LogP contribution in [0.3, 0.4) is 0 Å². The van der Waals surface area contributed by atoms with E-state index in [1.165, 1.54) is 128 Å². The summed E-state index contributed by atoms with van der Waals surface area (Å²) in [5.41, 5.74) is 1.09. The van der Waals surface area contributed by atoms with E-state index in [0.29, 0.717) is 10.8 Å². The molecule has 0 radical (unpaired) electrons. The molecule has 0 aromatic rings. The van der Waals surface area contributed by atoms with Crippen molar-refractivity contribution in [2.24, 2.45) is 10.8 Å². The fourth-order valence-electron chi connectivity index (χ4n) is 5.94. The van der Waals surface area contributed by atoms with E-state index in [1.54, 1.807) is 0 Å². The van der Waals surface area contributed by atoms with Crippen LogP contribution in [-0.2, 0) is 9.78 Å². The molecule has 34 heavy (non-hydrogen) atoms. The van der Waals surface area contributed by atoms with Crippen molar-refractivity contribution in [1.82, 2.24) is 0 Å². The third-order valence-corrected chi connectivity index (χ3v) is 8.32. The van der Waals surface area contributed by atoms with Gasteiger partial charge in [-0.25, -0.2) is 9.78 Å². The van der Waals surface area contributed by atoms with Crippen LogP contribution in [0.5, 0.6) is 0 Å². The van der Waals surface area contributed by atoms with E-state index in [1.807, 2.05) is 0 Å². The molecule has 0 aliphatic heterocycles. The SMILES string of the molecule is CCCCC(CCCC)(CCCC)CCCOOCCCC(CCCC)(CCCC)CCCC. The van der Waals surface area contributed by atoms with Crippen molar-refractivity contribution >= 4 is 0 Å². The predicted molar refractivity (Wildman–Crippen MR) is 152 cm³/mol. The molecule has 0 saturated carbocycles. The second-order valence-corrected chi connectivity index (χ2v) is 11.5. The first-order valence-electron chi connectivity index (χ1n) is 15.8. The van der Waals surface area contributed by atoms with Crippen molar-refractivity contribution in [3.05, 3.63) is 0 Å². The van der Waals surface area contributed by atoms with Gasteiger partial charge in [0.25, 0.3) is 0 Å². The second-order valence-electron chi connectivity index (χ2n) is 11.5. The number of hydrogen-bond donors (Lipinski definition) is 0. The fraction of sp³-hybridized carbons (Fsp3) is 1.00. The lowest BCUT2D eigenvalue weighted by molar-refractivity contribution is -0.296. The van der Waals surface area contributed by atoms with Crippen molar-refractivity contribution in [3.8, 4) is 0 Å². The fourth-order valence-corrected chi connectivity index (χ4v) is 5.94. The summed E-state index contributed by atoms with van der Waals surface area (Å²) in [7, 11) is 0. The predicted octanol–water partition coefficient (Wildman–Crippen LogP) is 11.6. The summed E-state index contributed by atoms with van der Waals surface area (Å²) in [6.45, 7) is 15.5. The van der Waals surface area contributed by atoms with Crippen molar-refractivity contribution in [3.63, 3.8) is 0 Å². The Morgan fingerprint density at radius 2 is 0.529 bits per heavy atom. The van der Waals surface area contributed by atoms with E-state index in [-0.39, 0.29) is 0 Å². The standard InChI is InChI=1S/C32H66O2/c1-7-13-21-31(22-14-8-2,23-15-9-3)27-19-29-33-34-30-20-28-32(24-16-10-4,25-17-11-5)26-18-12-6/h7-30H2,1-6H3. The van der Waals surface area contributed by atoms with Gasteiger partial charge in [-0.1, -0.05) is 119 Å². The highest BCUT2D eigenvalue weighted by Gasteiger charge is 2.29. The lowest BCUT2D eigenvalue weighted by atomic mass is 9.71. The molecule has 0 rings (SSSR count). The van der Waals surface area contributed by atoms with Gasteiger partial charge in [0.2, 0.25) is 0 Å². The third kappa shape index (κ3) is 16.6. The van der Waals surface area contributed by atoms with Crippen LogP contribution in [0.25, 0.3) is 0 Å². The highest BCUT2D eigenvalue weighted by Crippen LogP contribution is 2.42. The largest absolute Gasteiger partial charge is 0.237 e. The van der Waals surface area contributed by atoms with Crippen molar-refractivity contribution in [2.45, 2.75) is 183 Å². The molecular formula is C32H66O2. The topological polar surface area (TPSA) is 18.5 Å². The number of hydrogen-bond acceptors (Lipinski definition) is 2. The third-order valence-electron chi connectivity index (χ3n) is 8.32. The molecule has 0 aliphatic rings. The zero-order valence-electron chi connectivity index (χ0n) is 24.8. The molecule has 0 unspecified atom stereocenters. The Morgan fingerprint density at radius 3 is 0.735 bits per heavy atom. The molecule has 0 spiro atoms. The van der Waals surface area contributed by atoms with E-state index < -0.39 is 0 Å². The molecule has 2 heteroatoms. The highest BCUT2D eigenvalue weighted by atomic mass is 17.2. The molecule has 0 bridgehead atoms. The van der Waals surface area contributed by atoms with Gasteiger partial charge in [0, 0.05) is 0 Å². The van der Waals surface area contributed by atoms with Gasteiger partial charge >= 0.3 is 0 Å². The lowest BCUT2D eigenvalue weighted by Crippen LogP contribution is -2.22. The van der Waals surface area contributed by atoms with Crippen LogP contribution in [-0.4, -0.2) is 13.2 Å². The first kappa shape index (κ1) is 33.9. The van der Waals surface area contributed by atoms with Gasteiger partial charge in [0.15, 0.2) is 0 Å². The summed E-state index contributed by atoms with van der Waals surface area (Å²) in [5.74, 6) is 0. The van der Waals surface area contributed by atoms with Gasteiger partial charge in [-0.15, -0.1) is 0 Å². The Balaban J connectivity index is 4.49. The Kier molecular flexibility index (Phi) is 23.3. The molecule has 2 nitrogen and oxygen atoms in total. The van der Waals surface area contributed by atoms with Crippen LogP contribution in [0, 0.1) is 10.8 Å². The van der Waals surface area contributed by atoms with Gasteiger partial charge in [0.05, 0.1) is 13.2 Å². The molecule has 0 atom stereocenters. The van der Waals surface area contributed by atoms with Crippen LogP contribution < -0.4 is 0 Å². The summed E-state index contributed by atoms with van der Waals surface area (Å²) >= 11 is 0. The molecule has 0 N–H and O–H groups in total. The second kappa shape index (κ2) is 23.3. The summed E-state index contributed by atoms with van der Waals surface area (Å²) in [6.07, 6.45) is 29.5. The zero-order valence-corrected chi connectivity index (χ0v) is 24.8. The maximum absolute atomic E-state index is 5.70. The normalized spacial score (nSPS) is 12.5. The number of unbranched alkanes of at least 4 members (excludes halogenated alkanes) is 6. The minimum Gasteiger partial charge on any atom is -0.237 e. The highest BCUT2D eigenvalue weighted by molar-refractivity contribution is 4.80. The van der Waals surface area contributed by atoms with E-state index in [0.717, 1.165) is 26.1 Å². The van der Waals surface area contributed by atoms with Crippen molar-refractivity contribution < 1.29 is 9.78 Å². The van der Waals surface area contributed by atoms with E-state index in [4.69, 9.17) is 9.78 Å². The van der Waals surface area contributed by atoms with Crippen LogP contribution in [0.2, 0.25) is 0 Å². The van der Waals surface area contributed by atoms with Crippen molar-refractivity contribution in [2.75, 3.05) is 13.2 Å². The molecule has 206 valence electrons. The summed E-state index contributed by atoms with van der Waals surface area (Å²) in [6, 6.07) is 0. The average Bonchev–Trinajstić information content (AvgIpc) is 2.86. The molecule has 0 aromatic heterocycles. The van der Waals surface area contributed by atoms with E-state index in [2.05, 4.69) is 41.5 Å². The smallest absolute Gasteiger partial charge is 0.0822 e. The molecule has 0 fully saturated rings. The first-order chi connectivity index (χ1) is 16.6. The summed E-state index contributed by atoms with van der Waals surface area (Å²) in [5, 5.41) is 0. The monoisotopic (exact) mass is 483 g/mol. The Hall–Kier alpha value is -0.0800. The summed E-state index contributed by atoms with van der Waals surface area (Å²) < 4.78 is 0. The van der Waals surface area contributed by atoms with Crippen molar-refractivity contribution in [1.29, 1.82) is 0 Å². The van der Waals surface area contributed by atoms with Gasteiger partial charge < -0.3 is 0 Å². The quantitative estimate of drug-likeness (QED) is 0.0658. The molecule has 0 heterocycles. The number of rotatable bonds is 27. The van der Waals surface area contributed by atoms with Crippen LogP contribution in [0.4, 0.5) is 0 Å². The molecular weight excluding hydrogens is 416 g/mol. The molecule has 0 saturated heterocycles. The van der Waals surface area contributed by atoms with Gasteiger partial charge in [-0.3, -0.25) is 0 Å². The minimum atomic E-state index is 0.544. The van der Waals surface area contributed by atoms with Crippen LogP contribution in [0.1, 0.15) is 183 Å². The molecule has 0 aromatic carbocycles. The zero-order chi connectivity index (χ0) is 25.4. The van der Waals surface area contributed by atoms with Crippen LogP contribution >= 0.6 is 0 Å². The van der Waals surface area contributed by atoms with Gasteiger partial charge in [-0.05, 0) is 75.0 Å². The molecule has 0 aliphatic carbocycles. The van der Waals surface area contributed by atoms with E-state index in [9.17, 15) is 0 Å².